The van der Waals surface area contributed by atoms with E-state index >= 15 is 0 Å². The molecule has 12 nitrogen and oxygen atoms in total. The second-order valence-electron chi connectivity index (χ2n) is 8.00. The van der Waals surface area contributed by atoms with E-state index < -0.39 is 73.0 Å². The van der Waals surface area contributed by atoms with Gasteiger partial charge in [0, 0.05) is 6.92 Å². The largest absolute Gasteiger partial charge is 0.479 e. The van der Waals surface area contributed by atoms with Gasteiger partial charge in [-0.1, -0.05) is 20.7 Å². The summed E-state index contributed by atoms with van der Waals surface area (Å²) in [5.74, 6) is -2.14. The summed E-state index contributed by atoms with van der Waals surface area (Å²) in [5, 5.41) is 53.0. The molecule has 177 valence electrons. The van der Waals surface area contributed by atoms with Crippen LogP contribution < -0.4 is 5.32 Å². The highest BCUT2D eigenvalue weighted by molar-refractivity contribution is 6.24. The molecule has 13 heteroatoms. The first-order chi connectivity index (χ1) is 14.5. The van der Waals surface area contributed by atoms with Crippen LogP contribution in [0.1, 0.15) is 20.8 Å². The van der Waals surface area contributed by atoms with E-state index in [1.54, 1.807) is 6.82 Å². The van der Waals surface area contributed by atoms with E-state index in [0.717, 1.165) is 0 Å². The number of nitrogens with one attached hydrogen (secondary N) is 1. The zero-order valence-electron chi connectivity index (χ0n) is 17.8. The number of rotatable bonds is 8. The molecule has 0 spiro atoms. The summed E-state index contributed by atoms with van der Waals surface area (Å²) in [4.78, 5) is 23.2. The minimum atomic E-state index is -1.89. The lowest BCUT2D eigenvalue weighted by molar-refractivity contribution is -0.327. The Labute approximate surface area is 180 Å². The molecule has 10 unspecified atom stereocenters. The van der Waals surface area contributed by atoms with Crippen molar-refractivity contribution in [1.29, 1.82) is 0 Å². The quantitative estimate of drug-likeness (QED) is 0.211. The van der Waals surface area contributed by atoms with Crippen LogP contribution in [0.4, 0.5) is 0 Å². The molecule has 0 saturated carbocycles. The van der Waals surface area contributed by atoms with E-state index in [2.05, 4.69) is 5.32 Å². The second kappa shape index (κ2) is 11.0. The van der Waals surface area contributed by atoms with Gasteiger partial charge in [0.2, 0.25) is 5.91 Å². The van der Waals surface area contributed by atoms with Gasteiger partial charge in [0.1, 0.15) is 36.6 Å². The Bertz CT molecular complexity index is 623. The summed E-state index contributed by atoms with van der Waals surface area (Å²) >= 11 is 0. The lowest BCUT2D eigenvalue weighted by Gasteiger charge is -2.48. The molecule has 2 aliphatic rings. The van der Waals surface area contributed by atoms with Gasteiger partial charge in [0.15, 0.2) is 12.4 Å². The topological polar surface area (TPSA) is 184 Å². The molecule has 0 bridgehead atoms. The number of carboxylic acid groups (broad SMARTS) is 1. The molecule has 31 heavy (non-hydrogen) atoms. The minimum Gasteiger partial charge on any atom is -0.479 e. The van der Waals surface area contributed by atoms with Crippen molar-refractivity contribution < 1.29 is 54.0 Å². The molecule has 2 heterocycles. The Morgan fingerprint density at radius 3 is 2.23 bits per heavy atom. The van der Waals surface area contributed by atoms with Crippen molar-refractivity contribution in [3.8, 4) is 0 Å². The summed E-state index contributed by atoms with van der Waals surface area (Å²) in [6, 6.07) is -0.891. The van der Waals surface area contributed by atoms with Crippen LogP contribution in [-0.4, -0.2) is 113 Å². The molecule has 2 saturated heterocycles. The van der Waals surface area contributed by atoms with Gasteiger partial charge in [0.25, 0.3) is 7.48 Å². The van der Waals surface area contributed by atoms with Crippen LogP contribution in [-0.2, 0) is 28.5 Å². The van der Waals surface area contributed by atoms with Crippen LogP contribution in [0.25, 0.3) is 0 Å². The van der Waals surface area contributed by atoms with Crippen molar-refractivity contribution in [2.75, 3.05) is 6.61 Å². The van der Waals surface area contributed by atoms with E-state index in [-0.39, 0.29) is 12.5 Å². The van der Waals surface area contributed by atoms with Gasteiger partial charge >= 0.3 is 5.97 Å². The molecular weight excluding hydrogens is 417 g/mol. The van der Waals surface area contributed by atoms with E-state index in [0.29, 0.717) is 0 Å². The maximum atomic E-state index is 11.8. The van der Waals surface area contributed by atoms with Crippen molar-refractivity contribution in [1.82, 2.24) is 5.32 Å². The lowest BCUT2D eigenvalue weighted by Crippen LogP contribution is -2.68. The van der Waals surface area contributed by atoms with Gasteiger partial charge < -0.3 is 49.7 Å². The Balaban J connectivity index is 2.33. The first-order valence-corrected chi connectivity index (χ1v) is 10.1. The molecule has 0 aromatic heterocycles. The van der Waals surface area contributed by atoms with E-state index in [1.807, 2.05) is 13.8 Å². The van der Waals surface area contributed by atoms with Crippen LogP contribution >= 0.6 is 0 Å². The summed E-state index contributed by atoms with van der Waals surface area (Å²) < 4.78 is 22.1. The van der Waals surface area contributed by atoms with E-state index in [9.17, 15) is 35.1 Å². The molecule has 2 aliphatic heterocycles. The Morgan fingerprint density at radius 1 is 1.06 bits per heavy atom. The fraction of sp³-hybridized carbons (Fsp3) is 0.889. The average Bonchev–Trinajstić information content (AvgIpc) is 2.69. The highest BCUT2D eigenvalue weighted by atomic mass is 16.7. The molecule has 0 aromatic rings. The number of carbonyl (C=O) groups is 2. The number of aliphatic hydroxyl groups is 4. The molecule has 2 rings (SSSR count). The van der Waals surface area contributed by atoms with Crippen LogP contribution in [0.15, 0.2) is 0 Å². The van der Waals surface area contributed by atoms with Crippen LogP contribution in [0, 0.1) is 5.92 Å². The third kappa shape index (κ3) is 5.93. The van der Waals surface area contributed by atoms with Crippen molar-refractivity contribution in [2.45, 2.75) is 88.8 Å². The van der Waals surface area contributed by atoms with Crippen molar-refractivity contribution >= 4 is 19.4 Å². The summed E-state index contributed by atoms with van der Waals surface area (Å²) in [6.45, 7) is 6.57. The number of aliphatic hydroxyl groups excluding tert-OH is 4. The molecule has 1 radical (unpaired) electrons. The number of aliphatic carboxylic acids is 1. The maximum Gasteiger partial charge on any atom is 0.335 e. The smallest absolute Gasteiger partial charge is 0.335 e. The van der Waals surface area contributed by atoms with Crippen LogP contribution in [0.5, 0.6) is 0 Å². The SMILES string of the molecule is C[B]OCC1OC(C(C)C)C(NC(C)=O)C(OC2OC(C(=O)O)C(O)C(O)C2O)C1O. The number of carbonyl (C=O) groups excluding carboxylic acids is 1. The predicted molar refractivity (Wildman–Crippen MR) is 104 cm³/mol. The maximum absolute atomic E-state index is 11.8. The van der Waals surface area contributed by atoms with Gasteiger partial charge in [-0.15, -0.1) is 0 Å². The van der Waals surface area contributed by atoms with E-state index in [1.165, 1.54) is 14.4 Å². The van der Waals surface area contributed by atoms with Crippen LogP contribution in [0.3, 0.4) is 0 Å². The Kier molecular flexibility index (Phi) is 9.21. The number of hydrogen-bond donors (Lipinski definition) is 6. The Hall–Kier alpha value is -1.32. The highest BCUT2D eigenvalue weighted by Gasteiger charge is 2.52. The second-order valence-corrected chi connectivity index (χ2v) is 8.00. The zero-order valence-corrected chi connectivity index (χ0v) is 17.8. The predicted octanol–water partition coefficient (Wildman–Crippen LogP) is -2.76. The molecule has 2 fully saturated rings. The minimum absolute atomic E-state index is 0.0271. The van der Waals surface area contributed by atoms with E-state index in [4.69, 9.17) is 18.9 Å². The van der Waals surface area contributed by atoms with Crippen LogP contribution in [0.2, 0.25) is 6.82 Å². The van der Waals surface area contributed by atoms with Gasteiger partial charge in [-0.2, -0.15) is 0 Å². The van der Waals surface area contributed by atoms with Crippen molar-refractivity contribution in [2.24, 2.45) is 5.92 Å². The molecule has 0 aromatic carbocycles. The normalized spacial score (nSPS) is 41.1. The zero-order chi connectivity index (χ0) is 23.5. The third-order valence-corrected chi connectivity index (χ3v) is 5.32. The van der Waals surface area contributed by atoms with Gasteiger partial charge in [-0.3, -0.25) is 4.79 Å². The highest BCUT2D eigenvalue weighted by Crippen LogP contribution is 2.31. The standard InChI is InChI=1S/C18H31BNO11/c1-6(2)14-9(20-7(3)21)15(10(22)8(29-14)5-28-19-4)30-18-13(25)11(23)12(24)16(31-18)17(26)27/h6,8-16,18,22-25H,5H2,1-4H3,(H,20,21)(H,26,27). The summed E-state index contributed by atoms with van der Waals surface area (Å²) in [7, 11) is 1.42. The average molecular weight is 448 g/mol. The molecule has 0 aliphatic carbocycles. The van der Waals surface area contributed by atoms with Gasteiger partial charge in [-0.25, -0.2) is 4.79 Å². The lowest BCUT2D eigenvalue weighted by atomic mass is 9.86. The number of carboxylic acids is 1. The molecular formula is C18H31BNO11. The Morgan fingerprint density at radius 2 is 1.71 bits per heavy atom. The third-order valence-electron chi connectivity index (χ3n) is 5.32. The first kappa shape index (κ1) is 25.9. The summed E-state index contributed by atoms with van der Waals surface area (Å²) in [5.41, 5.74) is 0. The fourth-order valence-corrected chi connectivity index (χ4v) is 3.76. The monoisotopic (exact) mass is 448 g/mol. The fourth-order valence-electron chi connectivity index (χ4n) is 3.76. The number of amides is 1. The van der Waals surface area contributed by atoms with Gasteiger partial charge in [-0.05, 0) is 5.92 Å². The summed E-state index contributed by atoms with van der Waals surface area (Å²) in [6.07, 6.45) is -13.2. The van der Waals surface area contributed by atoms with Crippen molar-refractivity contribution in [3.05, 3.63) is 0 Å². The number of hydrogen-bond acceptors (Lipinski definition) is 10. The van der Waals surface area contributed by atoms with Crippen molar-refractivity contribution in [3.63, 3.8) is 0 Å². The van der Waals surface area contributed by atoms with Gasteiger partial charge in [0.05, 0.1) is 18.8 Å². The molecule has 6 N–H and O–H groups in total. The molecule has 1 amide bonds. The first-order valence-electron chi connectivity index (χ1n) is 10.1. The number of ether oxygens (including phenoxy) is 3. The molecule has 10 atom stereocenters.